The quantitative estimate of drug-likeness (QED) is 0.223. The van der Waals surface area contributed by atoms with Gasteiger partial charge in [0.2, 0.25) is 5.91 Å². The Morgan fingerprint density at radius 2 is 1.91 bits per heavy atom. The molecule has 12 nitrogen and oxygen atoms in total. The van der Waals surface area contributed by atoms with E-state index in [9.17, 15) is 9.59 Å². The van der Waals surface area contributed by atoms with Crippen LogP contribution in [0.1, 0.15) is 28.1 Å². The standard InChI is InChI=1S/C17H21N9O3S3/c1-4-29-14(28)13-8(2)20-16(32-13)23-12(27)7-31-17-25-24-11(26(17)3)6-30-15-21-9(18)5-10(19)22-15/h5H,4,6-7H2,1-3H3,(H,20,23,27)(H4,18,19,21,22). The number of carbonyl (C=O) groups excluding carboxylic acids is 2. The summed E-state index contributed by atoms with van der Waals surface area (Å²) in [6, 6.07) is 1.48. The Morgan fingerprint density at radius 3 is 2.59 bits per heavy atom. The largest absolute Gasteiger partial charge is 0.462 e. The first-order valence-corrected chi connectivity index (χ1v) is 12.0. The van der Waals surface area contributed by atoms with Crippen molar-refractivity contribution in [1.29, 1.82) is 0 Å². The van der Waals surface area contributed by atoms with Crippen molar-refractivity contribution in [2.45, 2.75) is 29.9 Å². The summed E-state index contributed by atoms with van der Waals surface area (Å²) in [5, 5.41) is 12.3. The second kappa shape index (κ2) is 10.6. The van der Waals surface area contributed by atoms with Gasteiger partial charge in [0.15, 0.2) is 15.4 Å². The van der Waals surface area contributed by atoms with Crippen LogP contribution in [0.2, 0.25) is 0 Å². The molecule has 0 fully saturated rings. The first-order valence-electron chi connectivity index (χ1n) is 9.25. The number of nitrogens with two attached hydrogens (primary N) is 2. The summed E-state index contributed by atoms with van der Waals surface area (Å²) in [5.41, 5.74) is 11.9. The number of nitrogen functional groups attached to an aromatic ring is 2. The number of rotatable bonds is 9. The van der Waals surface area contributed by atoms with Crippen LogP contribution in [0.4, 0.5) is 16.8 Å². The summed E-state index contributed by atoms with van der Waals surface area (Å²) in [5.74, 6) is 1.09. The second-order valence-corrected chi connectivity index (χ2v) is 9.12. The highest BCUT2D eigenvalue weighted by Crippen LogP contribution is 2.25. The number of ether oxygens (including phenoxy) is 1. The number of aryl methyl sites for hydroxylation is 1. The highest BCUT2D eigenvalue weighted by Gasteiger charge is 2.18. The van der Waals surface area contributed by atoms with E-state index in [1.807, 2.05) is 0 Å². The molecule has 15 heteroatoms. The Hall–Kier alpha value is -2.91. The molecule has 1 amide bonds. The van der Waals surface area contributed by atoms with E-state index in [1.54, 1.807) is 25.5 Å². The average Bonchev–Trinajstić information content (AvgIpc) is 3.26. The molecule has 0 atom stereocenters. The van der Waals surface area contributed by atoms with Crippen molar-refractivity contribution in [3.63, 3.8) is 0 Å². The number of amides is 1. The molecule has 0 aliphatic rings. The summed E-state index contributed by atoms with van der Waals surface area (Å²) in [6.07, 6.45) is 0. The van der Waals surface area contributed by atoms with Crippen LogP contribution in [-0.4, -0.2) is 54.0 Å². The van der Waals surface area contributed by atoms with Crippen LogP contribution in [0.25, 0.3) is 0 Å². The van der Waals surface area contributed by atoms with Gasteiger partial charge in [-0.2, -0.15) is 0 Å². The molecule has 0 aliphatic carbocycles. The second-order valence-electron chi connectivity index (χ2n) is 6.24. The van der Waals surface area contributed by atoms with Gasteiger partial charge in [-0.3, -0.25) is 4.79 Å². The van der Waals surface area contributed by atoms with Crippen LogP contribution < -0.4 is 16.8 Å². The molecule has 0 radical (unpaired) electrons. The molecule has 0 bridgehead atoms. The van der Waals surface area contributed by atoms with E-state index in [0.717, 1.165) is 11.3 Å². The molecule has 0 saturated carbocycles. The van der Waals surface area contributed by atoms with Crippen LogP contribution in [0.15, 0.2) is 16.4 Å². The van der Waals surface area contributed by atoms with Gasteiger partial charge in [-0.05, 0) is 13.8 Å². The Labute approximate surface area is 196 Å². The van der Waals surface area contributed by atoms with Gasteiger partial charge in [0, 0.05) is 13.1 Å². The average molecular weight is 496 g/mol. The number of anilines is 3. The van der Waals surface area contributed by atoms with Crippen LogP contribution in [-0.2, 0) is 22.3 Å². The maximum atomic E-state index is 12.3. The van der Waals surface area contributed by atoms with Gasteiger partial charge in [-0.15, -0.1) is 10.2 Å². The van der Waals surface area contributed by atoms with E-state index in [2.05, 4.69) is 30.5 Å². The molecule has 3 rings (SSSR count). The molecule has 0 unspecified atom stereocenters. The van der Waals surface area contributed by atoms with E-state index < -0.39 is 5.97 Å². The van der Waals surface area contributed by atoms with Crippen molar-refractivity contribution in [1.82, 2.24) is 29.7 Å². The number of carbonyl (C=O) groups is 2. The first kappa shape index (κ1) is 23.7. The Kier molecular flexibility index (Phi) is 7.87. The minimum absolute atomic E-state index is 0.0986. The van der Waals surface area contributed by atoms with Crippen molar-refractivity contribution >= 4 is 63.5 Å². The van der Waals surface area contributed by atoms with E-state index >= 15 is 0 Å². The highest BCUT2D eigenvalue weighted by molar-refractivity contribution is 7.99. The summed E-state index contributed by atoms with van der Waals surface area (Å²) in [6.45, 7) is 3.69. The lowest BCUT2D eigenvalue weighted by Crippen LogP contribution is -2.14. The number of hydrogen-bond acceptors (Lipinski definition) is 13. The molecule has 3 aromatic rings. The lowest BCUT2D eigenvalue weighted by molar-refractivity contribution is -0.113. The number of nitrogens with zero attached hydrogens (tertiary/aromatic N) is 6. The maximum Gasteiger partial charge on any atom is 0.350 e. The van der Waals surface area contributed by atoms with Crippen molar-refractivity contribution < 1.29 is 14.3 Å². The predicted octanol–water partition coefficient (Wildman–Crippen LogP) is 1.73. The molecule has 0 aliphatic heterocycles. The molecular formula is C17H21N9O3S3. The lowest BCUT2D eigenvalue weighted by atomic mass is 10.4. The van der Waals surface area contributed by atoms with Crippen molar-refractivity contribution in [2.75, 3.05) is 29.1 Å². The van der Waals surface area contributed by atoms with Crippen molar-refractivity contribution in [2.24, 2.45) is 7.05 Å². The van der Waals surface area contributed by atoms with Crippen LogP contribution in [0.3, 0.4) is 0 Å². The molecule has 32 heavy (non-hydrogen) atoms. The minimum atomic E-state index is -0.451. The Morgan fingerprint density at radius 1 is 1.19 bits per heavy atom. The van der Waals surface area contributed by atoms with Crippen LogP contribution in [0, 0.1) is 6.92 Å². The van der Waals surface area contributed by atoms with Gasteiger partial charge in [0.05, 0.1) is 23.8 Å². The zero-order chi connectivity index (χ0) is 23.3. The molecule has 0 spiro atoms. The fraction of sp³-hybridized carbons (Fsp3) is 0.353. The van der Waals surface area contributed by atoms with Gasteiger partial charge in [0.1, 0.15) is 22.3 Å². The van der Waals surface area contributed by atoms with Gasteiger partial charge in [-0.25, -0.2) is 19.7 Å². The lowest BCUT2D eigenvalue weighted by Gasteiger charge is -2.04. The number of thiazole rings is 1. The normalized spacial score (nSPS) is 10.8. The molecule has 0 aromatic carbocycles. The van der Waals surface area contributed by atoms with Gasteiger partial charge in [-0.1, -0.05) is 34.9 Å². The minimum Gasteiger partial charge on any atom is -0.462 e. The molecular weight excluding hydrogens is 474 g/mol. The Bertz CT molecular complexity index is 1110. The smallest absolute Gasteiger partial charge is 0.350 e. The number of esters is 1. The number of hydrogen-bond donors (Lipinski definition) is 3. The maximum absolute atomic E-state index is 12.3. The van der Waals surface area contributed by atoms with Crippen molar-refractivity contribution in [3.8, 4) is 0 Å². The first-order chi connectivity index (χ1) is 15.3. The van der Waals surface area contributed by atoms with E-state index in [1.165, 1.54) is 29.6 Å². The molecule has 0 saturated heterocycles. The number of aromatic nitrogens is 6. The van der Waals surface area contributed by atoms with Crippen LogP contribution >= 0.6 is 34.9 Å². The Balaban J connectivity index is 1.54. The zero-order valence-electron chi connectivity index (χ0n) is 17.5. The van der Waals surface area contributed by atoms with E-state index in [0.29, 0.717) is 49.2 Å². The predicted molar refractivity (Wildman–Crippen MR) is 124 cm³/mol. The summed E-state index contributed by atoms with van der Waals surface area (Å²) in [7, 11) is 1.81. The van der Waals surface area contributed by atoms with Crippen molar-refractivity contribution in [3.05, 3.63) is 22.5 Å². The molecule has 170 valence electrons. The fourth-order valence-corrected chi connectivity index (χ4v) is 4.83. The third-order valence-electron chi connectivity index (χ3n) is 3.84. The third kappa shape index (κ3) is 6.08. The van der Waals surface area contributed by atoms with Crippen LogP contribution in [0.5, 0.6) is 0 Å². The highest BCUT2D eigenvalue weighted by atomic mass is 32.2. The monoisotopic (exact) mass is 495 g/mol. The van der Waals surface area contributed by atoms with E-state index in [-0.39, 0.29) is 18.3 Å². The third-order valence-corrected chi connectivity index (χ3v) is 6.75. The van der Waals surface area contributed by atoms with Gasteiger partial charge >= 0.3 is 5.97 Å². The van der Waals surface area contributed by atoms with E-state index in [4.69, 9.17) is 16.2 Å². The summed E-state index contributed by atoms with van der Waals surface area (Å²) < 4.78 is 6.77. The molecule has 5 N–H and O–H groups in total. The van der Waals surface area contributed by atoms with Gasteiger partial charge in [0.25, 0.3) is 0 Å². The number of thioether (sulfide) groups is 2. The topological polar surface area (TPSA) is 177 Å². The molecule has 3 aromatic heterocycles. The fourth-order valence-electron chi connectivity index (χ4n) is 2.37. The zero-order valence-corrected chi connectivity index (χ0v) is 19.9. The molecule has 3 heterocycles. The van der Waals surface area contributed by atoms with Gasteiger partial charge < -0.3 is 26.1 Å². The summed E-state index contributed by atoms with van der Waals surface area (Å²) in [4.78, 5) is 37.0. The number of nitrogens with one attached hydrogen (secondary N) is 1. The SMILES string of the molecule is CCOC(=O)c1sc(NC(=O)CSc2nnc(CSc3nc(N)cc(N)n3)n2C)nc1C. The summed E-state index contributed by atoms with van der Waals surface area (Å²) >= 11 is 3.63.